The number of nitriles is 1. The van der Waals surface area contributed by atoms with E-state index in [1.165, 1.54) is 24.3 Å². The molecule has 19 heavy (non-hydrogen) atoms. The largest absolute Gasteiger partial charge is 0.434 e. The lowest BCUT2D eigenvalue weighted by molar-refractivity contribution is -0.0501. The average Bonchev–Trinajstić information content (AvgIpc) is 2.38. The van der Waals surface area contributed by atoms with Crippen molar-refractivity contribution in [2.45, 2.75) is 32.4 Å². The van der Waals surface area contributed by atoms with Gasteiger partial charge >= 0.3 is 6.61 Å². The molecule has 102 valence electrons. The molecule has 1 aromatic rings. The molecule has 0 spiro atoms. The summed E-state index contributed by atoms with van der Waals surface area (Å²) in [6, 6.07) is 6.97. The average molecular weight is 268 g/mol. The maximum atomic E-state index is 12.2. The standard InChI is InChI=1S/C13H14F2N2O2/c1-2-5-9(8-16)17-12(18)10-6-3-4-7-11(10)19-13(14)15/h3-4,6-7,9,13H,2,5H2,1H3,(H,17,18). The number of nitrogens with one attached hydrogen (secondary N) is 1. The third-order valence-corrected chi connectivity index (χ3v) is 2.39. The van der Waals surface area contributed by atoms with Gasteiger partial charge < -0.3 is 10.1 Å². The minimum atomic E-state index is -3.00. The first-order valence-electron chi connectivity index (χ1n) is 5.82. The van der Waals surface area contributed by atoms with Crippen molar-refractivity contribution in [2.75, 3.05) is 0 Å². The maximum Gasteiger partial charge on any atom is 0.387 e. The van der Waals surface area contributed by atoms with Crippen LogP contribution in [-0.4, -0.2) is 18.6 Å². The zero-order chi connectivity index (χ0) is 14.3. The molecule has 0 saturated heterocycles. The number of rotatable bonds is 6. The van der Waals surface area contributed by atoms with Crippen LogP contribution in [0.25, 0.3) is 0 Å². The Bertz CT molecular complexity index is 472. The van der Waals surface area contributed by atoms with Crippen LogP contribution in [0.2, 0.25) is 0 Å². The lowest BCUT2D eigenvalue weighted by Gasteiger charge is -2.13. The van der Waals surface area contributed by atoms with Gasteiger partial charge in [0, 0.05) is 0 Å². The molecule has 1 rings (SSSR count). The van der Waals surface area contributed by atoms with Gasteiger partial charge in [-0.2, -0.15) is 14.0 Å². The van der Waals surface area contributed by atoms with Gasteiger partial charge in [-0.1, -0.05) is 25.5 Å². The van der Waals surface area contributed by atoms with Crippen LogP contribution >= 0.6 is 0 Å². The first-order chi connectivity index (χ1) is 9.08. The number of alkyl halides is 2. The topological polar surface area (TPSA) is 62.1 Å². The molecule has 0 radical (unpaired) electrons. The van der Waals surface area contributed by atoms with Crippen LogP contribution in [0, 0.1) is 11.3 Å². The number of benzene rings is 1. The number of ether oxygens (including phenoxy) is 1. The van der Waals surface area contributed by atoms with E-state index in [4.69, 9.17) is 5.26 Å². The fraction of sp³-hybridized carbons (Fsp3) is 0.385. The number of hydrogen-bond donors (Lipinski definition) is 1. The number of para-hydroxylation sites is 1. The Balaban J connectivity index is 2.84. The third kappa shape index (κ3) is 4.54. The zero-order valence-electron chi connectivity index (χ0n) is 10.4. The summed E-state index contributed by atoms with van der Waals surface area (Å²) < 4.78 is 28.7. The van der Waals surface area contributed by atoms with E-state index in [0.29, 0.717) is 6.42 Å². The molecule has 0 aromatic heterocycles. The fourth-order valence-electron chi connectivity index (χ4n) is 1.55. The molecule has 0 saturated carbocycles. The molecular formula is C13H14F2N2O2. The van der Waals surface area contributed by atoms with Crippen molar-refractivity contribution in [3.8, 4) is 11.8 Å². The van der Waals surface area contributed by atoms with E-state index in [0.717, 1.165) is 6.42 Å². The molecule has 1 N–H and O–H groups in total. The fourth-order valence-corrected chi connectivity index (χ4v) is 1.55. The quantitative estimate of drug-likeness (QED) is 0.862. The number of hydrogen-bond acceptors (Lipinski definition) is 3. The Hall–Kier alpha value is -2.16. The van der Waals surface area contributed by atoms with Crippen LogP contribution in [0.4, 0.5) is 8.78 Å². The summed E-state index contributed by atoms with van der Waals surface area (Å²) in [6.07, 6.45) is 1.23. The van der Waals surface area contributed by atoms with Crippen LogP contribution in [0.15, 0.2) is 24.3 Å². The van der Waals surface area contributed by atoms with Crippen molar-refractivity contribution in [1.29, 1.82) is 5.26 Å². The second-order valence-electron chi connectivity index (χ2n) is 3.82. The first-order valence-corrected chi connectivity index (χ1v) is 5.82. The van der Waals surface area contributed by atoms with Crippen molar-refractivity contribution in [1.82, 2.24) is 5.32 Å². The Morgan fingerprint density at radius 3 is 2.74 bits per heavy atom. The van der Waals surface area contributed by atoms with Gasteiger partial charge in [0.25, 0.3) is 5.91 Å². The summed E-state index contributed by atoms with van der Waals surface area (Å²) in [7, 11) is 0. The van der Waals surface area contributed by atoms with E-state index in [-0.39, 0.29) is 11.3 Å². The Morgan fingerprint density at radius 2 is 2.16 bits per heavy atom. The van der Waals surface area contributed by atoms with Gasteiger partial charge in [0.15, 0.2) is 0 Å². The second kappa shape index (κ2) is 7.31. The first kappa shape index (κ1) is 14.9. The van der Waals surface area contributed by atoms with Crippen LogP contribution in [0.1, 0.15) is 30.1 Å². The number of halogens is 2. The van der Waals surface area contributed by atoms with Crippen molar-refractivity contribution in [2.24, 2.45) is 0 Å². The molecule has 0 aliphatic heterocycles. The van der Waals surface area contributed by atoms with E-state index in [1.807, 2.05) is 13.0 Å². The van der Waals surface area contributed by atoms with E-state index in [1.54, 1.807) is 0 Å². The van der Waals surface area contributed by atoms with Crippen LogP contribution in [0.3, 0.4) is 0 Å². The monoisotopic (exact) mass is 268 g/mol. The van der Waals surface area contributed by atoms with Gasteiger partial charge in [-0.15, -0.1) is 0 Å². The minimum Gasteiger partial charge on any atom is -0.434 e. The van der Waals surface area contributed by atoms with Crippen molar-refractivity contribution in [3.63, 3.8) is 0 Å². The summed E-state index contributed by atoms with van der Waals surface area (Å²) in [5, 5.41) is 11.3. The van der Waals surface area contributed by atoms with Crippen molar-refractivity contribution in [3.05, 3.63) is 29.8 Å². The molecule has 4 nitrogen and oxygen atoms in total. The van der Waals surface area contributed by atoms with E-state index in [2.05, 4.69) is 10.1 Å². The van der Waals surface area contributed by atoms with Crippen LogP contribution in [-0.2, 0) is 0 Å². The molecule has 1 unspecified atom stereocenters. The molecule has 0 fully saturated rings. The van der Waals surface area contributed by atoms with Gasteiger partial charge in [0.2, 0.25) is 0 Å². The number of amides is 1. The van der Waals surface area contributed by atoms with Gasteiger partial charge in [-0.25, -0.2) is 0 Å². The summed E-state index contributed by atoms with van der Waals surface area (Å²) in [5.41, 5.74) is -0.0147. The van der Waals surface area contributed by atoms with E-state index >= 15 is 0 Å². The molecule has 0 heterocycles. The molecular weight excluding hydrogens is 254 g/mol. The molecule has 6 heteroatoms. The second-order valence-corrected chi connectivity index (χ2v) is 3.82. The molecule has 0 aliphatic rings. The van der Waals surface area contributed by atoms with Crippen molar-refractivity contribution >= 4 is 5.91 Å². The SMILES string of the molecule is CCCC(C#N)NC(=O)c1ccccc1OC(F)F. The lowest BCUT2D eigenvalue weighted by atomic mass is 10.1. The Kier molecular flexibility index (Phi) is 5.73. The third-order valence-electron chi connectivity index (χ3n) is 2.39. The number of carbonyl (C=O) groups is 1. The Morgan fingerprint density at radius 1 is 1.47 bits per heavy atom. The number of nitrogens with zero attached hydrogens (tertiary/aromatic N) is 1. The molecule has 1 amide bonds. The van der Waals surface area contributed by atoms with Crippen LogP contribution < -0.4 is 10.1 Å². The Labute approximate surface area is 110 Å². The van der Waals surface area contributed by atoms with Gasteiger partial charge in [-0.05, 0) is 18.6 Å². The maximum absolute atomic E-state index is 12.2. The predicted molar refractivity (Wildman–Crippen MR) is 64.8 cm³/mol. The summed E-state index contributed by atoms with van der Waals surface area (Å²) in [4.78, 5) is 11.9. The highest BCUT2D eigenvalue weighted by molar-refractivity contribution is 5.97. The van der Waals surface area contributed by atoms with Gasteiger partial charge in [0.05, 0.1) is 11.6 Å². The van der Waals surface area contributed by atoms with E-state index in [9.17, 15) is 13.6 Å². The van der Waals surface area contributed by atoms with Gasteiger partial charge in [0.1, 0.15) is 11.8 Å². The summed E-state index contributed by atoms with van der Waals surface area (Å²) >= 11 is 0. The summed E-state index contributed by atoms with van der Waals surface area (Å²) in [6.45, 7) is -1.12. The smallest absolute Gasteiger partial charge is 0.387 e. The molecule has 0 aliphatic carbocycles. The normalized spacial score (nSPS) is 11.7. The highest BCUT2D eigenvalue weighted by Crippen LogP contribution is 2.20. The van der Waals surface area contributed by atoms with Crippen LogP contribution in [0.5, 0.6) is 5.75 Å². The molecule has 1 atom stereocenters. The van der Waals surface area contributed by atoms with E-state index < -0.39 is 18.6 Å². The number of carbonyl (C=O) groups excluding carboxylic acids is 1. The minimum absolute atomic E-state index is 0.0147. The lowest BCUT2D eigenvalue weighted by Crippen LogP contribution is -2.33. The summed E-state index contributed by atoms with van der Waals surface area (Å²) in [5.74, 6) is -0.806. The highest BCUT2D eigenvalue weighted by atomic mass is 19.3. The predicted octanol–water partition coefficient (Wildman–Crippen LogP) is 2.71. The highest BCUT2D eigenvalue weighted by Gasteiger charge is 2.17. The zero-order valence-corrected chi connectivity index (χ0v) is 10.4. The van der Waals surface area contributed by atoms with Gasteiger partial charge in [-0.3, -0.25) is 4.79 Å². The molecule has 0 bridgehead atoms. The van der Waals surface area contributed by atoms with Crippen molar-refractivity contribution < 1.29 is 18.3 Å². The molecule has 1 aromatic carbocycles.